The van der Waals surface area contributed by atoms with Crippen LogP contribution in [0.2, 0.25) is 0 Å². The van der Waals surface area contributed by atoms with E-state index in [9.17, 15) is 13.2 Å². The number of likely N-dealkylation sites (tertiary alicyclic amines) is 1. The molecule has 0 aliphatic carbocycles. The Morgan fingerprint density at radius 3 is 2.79 bits per heavy atom. The van der Waals surface area contributed by atoms with Gasteiger partial charge >= 0.3 is 6.03 Å². The fraction of sp³-hybridized carbons (Fsp3) is 0.562. The summed E-state index contributed by atoms with van der Waals surface area (Å²) in [5, 5.41) is 2.06. The van der Waals surface area contributed by atoms with E-state index in [-0.39, 0.29) is 12.1 Å². The second-order valence-corrected chi connectivity index (χ2v) is 8.88. The first-order valence-electron chi connectivity index (χ1n) is 8.12. The van der Waals surface area contributed by atoms with Crippen LogP contribution < -0.4 is 5.32 Å². The Labute approximate surface area is 141 Å². The number of urea groups is 1. The minimum atomic E-state index is -3.43. The number of hydrogen-bond acceptors (Lipinski definition) is 4. The largest absolute Gasteiger partial charge is 0.365 e. The molecule has 2 amide bonds. The summed E-state index contributed by atoms with van der Waals surface area (Å²) in [5.74, 6) is 0. The molecule has 1 aromatic carbocycles. The molecule has 0 radical (unpaired) electrons. The van der Waals surface area contributed by atoms with Crippen LogP contribution in [0.5, 0.6) is 0 Å². The van der Waals surface area contributed by atoms with E-state index >= 15 is 0 Å². The molecular weight excluding hydrogens is 330 g/mol. The number of morpholine rings is 1. The molecule has 1 spiro atoms. The quantitative estimate of drug-likeness (QED) is 0.836. The monoisotopic (exact) mass is 351 g/mol. The lowest BCUT2D eigenvalue weighted by molar-refractivity contribution is -0.0956. The first-order chi connectivity index (χ1) is 11.4. The minimum Gasteiger partial charge on any atom is -0.365 e. The zero-order valence-electron chi connectivity index (χ0n) is 13.5. The summed E-state index contributed by atoms with van der Waals surface area (Å²) < 4.78 is 33.6. The third kappa shape index (κ3) is 2.32. The molecule has 3 saturated heterocycles. The van der Waals surface area contributed by atoms with Crippen LogP contribution in [0.3, 0.4) is 0 Å². The highest BCUT2D eigenvalue weighted by Crippen LogP contribution is 2.46. The number of rotatable bonds is 2. The highest BCUT2D eigenvalue weighted by Gasteiger charge is 2.65. The average molecular weight is 351 g/mol. The Bertz CT molecular complexity index is 754. The van der Waals surface area contributed by atoms with Crippen molar-refractivity contribution in [1.29, 1.82) is 0 Å². The molecule has 1 aromatic rings. The summed E-state index contributed by atoms with van der Waals surface area (Å²) in [4.78, 5) is 13.7. The second-order valence-electron chi connectivity index (χ2n) is 6.76. The van der Waals surface area contributed by atoms with Crippen LogP contribution in [-0.2, 0) is 21.3 Å². The molecule has 1 N–H and O–H groups in total. The number of benzene rings is 1. The molecule has 130 valence electrons. The predicted octanol–water partition coefficient (Wildman–Crippen LogP) is 0.383. The summed E-state index contributed by atoms with van der Waals surface area (Å²) in [6, 6.07) is 9.37. The van der Waals surface area contributed by atoms with E-state index in [1.807, 2.05) is 30.3 Å². The molecule has 4 rings (SSSR count). The number of carbonyl (C=O) groups is 1. The maximum Gasteiger partial charge on any atom is 0.317 e. The molecule has 3 aliphatic heterocycles. The second kappa shape index (κ2) is 5.44. The number of carbonyl (C=O) groups excluding carboxylic acids is 1. The number of nitrogens with zero attached hydrogens (tertiary/aromatic N) is 2. The van der Waals surface area contributed by atoms with Crippen LogP contribution in [0, 0.1) is 0 Å². The highest BCUT2D eigenvalue weighted by molar-refractivity contribution is 7.90. The van der Waals surface area contributed by atoms with Crippen LogP contribution in [0.15, 0.2) is 30.3 Å². The normalized spacial score (nSPS) is 34.1. The lowest BCUT2D eigenvalue weighted by Crippen LogP contribution is -2.58. The topological polar surface area (TPSA) is 79.0 Å². The minimum absolute atomic E-state index is 0.178. The summed E-state index contributed by atoms with van der Waals surface area (Å²) in [7, 11) is -1.85. The van der Waals surface area contributed by atoms with Gasteiger partial charge < -0.3 is 15.0 Å². The first-order valence-corrected chi connectivity index (χ1v) is 9.62. The maximum atomic E-state index is 13.0. The van der Waals surface area contributed by atoms with Gasteiger partial charge in [0.15, 0.2) is 0 Å². The summed E-state index contributed by atoms with van der Waals surface area (Å²) in [5.41, 5.74) is 0.149. The SMILES string of the molecule is CNC(=O)N1C[C@@H]2C[C@@H]3[C@@](C1)(CN(Cc1ccccc1)S3(=O)=O)O2. The van der Waals surface area contributed by atoms with Gasteiger partial charge in [-0.15, -0.1) is 0 Å². The predicted molar refractivity (Wildman–Crippen MR) is 87.8 cm³/mol. The molecular formula is C16H21N3O4S. The Kier molecular flexibility index (Phi) is 3.59. The first kappa shape index (κ1) is 15.9. The van der Waals surface area contributed by atoms with Crippen molar-refractivity contribution in [2.75, 3.05) is 26.7 Å². The van der Waals surface area contributed by atoms with Gasteiger partial charge in [-0.25, -0.2) is 13.2 Å². The molecule has 7 nitrogen and oxygen atoms in total. The third-order valence-electron chi connectivity index (χ3n) is 5.21. The Hall–Kier alpha value is -1.64. The molecule has 3 aliphatic rings. The fourth-order valence-corrected chi connectivity index (χ4v) is 6.48. The van der Waals surface area contributed by atoms with Crippen molar-refractivity contribution in [3.8, 4) is 0 Å². The van der Waals surface area contributed by atoms with E-state index in [1.165, 1.54) is 4.31 Å². The zero-order valence-corrected chi connectivity index (χ0v) is 14.3. The van der Waals surface area contributed by atoms with Crippen LogP contribution >= 0.6 is 0 Å². The van der Waals surface area contributed by atoms with Gasteiger partial charge in [0.2, 0.25) is 10.0 Å². The van der Waals surface area contributed by atoms with E-state index in [0.29, 0.717) is 32.6 Å². The van der Waals surface area contributed by atoms with Crippen molar-refractivity contribution in [2.45, 2.75) is 29.9 Å². The van der Waals surface area contributed by atoms with Gasteiger partial charge in [0.25, 0.3) is 0 Å². The van der Waals surface area contributed by atoms with Gasteiger partial charge in [-0.1, -0.05) is 30.3 Å². The number of ether oxygens (including phenoxy) is 1. The number of nitrogens with one attached hydrogen (secondary N) is 1. The highest BCUT2D eigenvalue weighted by atomic mass is 32.2. The van der Waals surface area contributed by atoms with E-state index in [2.05, 4.69) is 5.32 Å². The summed E-state index contributed by atoms with van der Waals surface area (Å²) in [6.07, 6.45) is 0.260. The van der Waals surface area contributed by atoms with E-state index in [1.54, 1.807) is 11.9 Å². The average Bonchev–Trinajstić information content (AvgIpc) is 2.94. The number of sulfonamides is 1. The van der Waals surface area contributed by atoms with Gasteiger partial charge in [0.05, 0.1) is 12.6 Å². The van der Waals surface area contributed by atoms with E-state index < -0.39 is 20.9 Å². The summed E-state index contributed by atoms with van der Waals surface area (Å²) in [6.45, 7) is 1.42. The number of amides is 2. The molecule has 2 bridgehead atoms. The molecule has 24 heavy (non-hydrogen) atoms. The molecule has 3 fully saturated rings. The molecule has 8 heteroatoms. The van der Waals surface area contributed by atoms with Gasteiger partial charge in [-0.05, 0) is 12.0 Å². The van der Waals surface area contributed by atoms with E-state index in [0.717, 1.165) is 5.56 Å². The smallest absolute Gasteiger partial charge is 0.317 e. The molecule has 0 unspecified atom stereocenters. The van der Waals surface area contributed by atoms with Gasteiger partial charge in [0, 0.05) is 26.7 Å². The van der Waals surface area contributed by atoms with Gasteiger partial charge in [-0.2, -0.15) is 4.31 Å². The van der Waals surface area contributed by atoms with Crippen LogP contribution in [0.4, 0.5) is 4.79 Å². The Morgan fingerprint density at radius 2 is 2.08 bits per heavy atom. The molecule has 3 atom stereocenters. The van der Waals surface area contributed by atoms with Gasteiger partial charge in [0.1, 0.15) is 10.9 Å². The lowest BCUT2D eigenvalue weighted by atomic mass is 9.99. The molecule has 3 heterocycles. The molecule has 0 aromatic heterocycles. The van der Waals surface area contributed by atoms with Crippen LogP contribution in [0.25, 0.3) is 0 Å². The zero-order chi connectivity index (χ0) is 16.9. The number of fused-ring (bicyclic) bond motifs is 1. The Balaban J connectivity index is 1.61. The lowest BCUT2D eigenvalue weighted by Gasteiger charge is -2.39. The van der Waals surface area contributed by atoms with Crippen molar-refractivity contribution in [3.05, 3.63) is 35.9 Å². The standard InChI is InChI=1S/C16H21N3O4S/c1-17-15(20)18-9-13-7-14-16(10-18,23-13)11-19(24(14,21)22)8-12-5-3-2-4-6-12/h2-6,13-14H,7-11H2,1H3,(H,17,20)/t13-,14+,16+/m0/s1. The Morgan fingerprint density at radius 1 is 1.33 bits per heavy atom. The van der Waals surface area contributed by atoms with E-state index in [4.69, 9.17) is 4.74 Å². The van der Waals surface area contributed by atoms with Crippen LogP contribution in [0.1, 0.15) is 12.0 Å². The fourth-order valence-electron chi connectivity index (χ4n) is 4.19. The van der Waals surface area contributed by atoms with Crippen molar-refractivity contribution >= 4 is 16.1 Å². The molecule has 0 saturated carbocycles. The van der Waals surface area contributed by atoms with Crippen molar-refractivity contribution < 1.29 is 17.9 Å². The van der Waals surface area contributed by atoms with Crippen LogP contribution in [-0.4, -0.2) is 67.3 Å². The maximum absolute atomic E-state index is 13.0. The summed E-state index contributed by atoms with van der Waals surface area (Å²) >= 11 is 0. The number of hydrogen-bond donors (Lipinski definition) is 1. The van der Waals surface area contributed by atoms with Gasteiger partial charge in [-0.3, -0.25) is 0 Å². The van der Waals surface area contributed by atoms with Crippen molar-refractivity contribution in [2.24, 2.45) is 0 Å². The van der Waals surface area contributed by atoms with Crippen molar-refractivity contribution in [3.63, 3.8) is 0 Å². The van der Waals surface area contributed by atoms with Crippen molar-refractivity contribution in [1.82, 2.24) is 14.5 Å². The third-order valence-corrected chi connectivity index (χ3v) is 7.53.